The highest BCUT2D eigenvalue weighted by atomic mass is 16.2. The van der Waals surface area contributed by atoms with E-state index in [9.17, 15) is 9.59 Å². The first kappa shape index (κ1) is 17.3. The summed E-state index contributed by atoms with van der Waals surface area (Å²) >= 11 is 0. The summed E-state index contributed by atoms with van der Waals surface area (Å²) < 4.78 is 0. The molecule has 1 aromatic rings. The second kappa shape index (κ2) is 7.99. The largest absolute Gasteiger partial charge is 0.375 e. The SMILES string of the molecule is CCCN(C)c1ccc(C(=O)N[C@H]2CCC[C@@H]2C(=O)NC)cc1. The van der Waals surface area contributed by atoms with Gasteiger partial charge in [0.05, 0.1) is 5.92 Å². The van der Waals surface area contributed by atoms with E-state index < -0.39 is 0 Å². The molecule has 0 heterocycles. The third kappa shape index (κ3) is 4.24. The molecule has 1 aromatic carbocycles. The van der Waals surface area contributed by atoms with Gasteiger partial charge in [-0.3, -0.25) is 9.59 Å². The van der Waals surface area contributed by atoms with Crippen molar-refractivity contribution in [3.8, 4) is 0 Å². The Hall–Kier alpha value is -2.04. The fraction of sp³-hybridized carbons (Fsp3) is 0.556. The van der Waals surface area contributed by atoms with E-state index in [2.05, 4.69) is 22.5 Å². The van der Waals surface area contributed by atoms with Gasteiger partial charge >= 0.3 is 0 Å². The molecule has 2 rings (SSSR count). The first-order chi connectivity index (χ1) is 11.1. The standard InChI is InChI=1S/C18H27N3O2/c1-4-12-21(3)14-10-8-13(9-11-14)17(22)20-16-7-5-6-15(16)18(23)19-2/h8-11,15-16H,4-7,12H2,1-3H3,(H,19,23)(H,20,22)/t15-,16-/m0/s1. The van der Waals surface area contributed by atoms with Gasteiger partial charge in [0.2, 0.25) is 5.91 Å². The second-order valence-corrected chi connectivity index (χ2v) is 6.20. The zero-order valence-electron chi connectivity index (χ0n) is 14.3. The summed E-state index contributed by atoms with van der Waals surface area (Å²) in [5.74, 6) is -0.196. The molecule has 0 bridgehead atoms. The lowest BCUT2D eigenvalue weighted by atomic mass is 10.0. The van der Waals surface area contributed by atoms with Crippen LogP contribution < -0.4 is 15.5 Å². The van der Waals surface area contributed by atoms with Crippen LogP contribution in [0.15, 0.2) is 24.3 Å². The Labute approximate surface area is 138 Å². The molecule has 0 aliphatic heterocycles. The number of amides is 2. The van der Waals surface area contributed by atoms with E-state index in [4.69, 9.17) is 0 Å². The average molecular weight is 317 g/mol. The molecule has 5 heteroatoms. The van der Waals surface area contributed by atoms with Gasteiger partial charge in [0.1, 0.15) is 0 Å². The summed E-state index contributed by atoms with van der Waals surface area (Å²) in [5, 5.41) is 5.71. The zero-order chi connectivity index (χ0) is 16.8. The van der Waals surface area contributed by atoms with Crippen LogP contribution in [0, 0.1) is 5.92 Å². The Morgan fingerprint density at radius 1 is 1.22 bits per heavy atom. The van der Waals surface area contributed by atoms with Gasteiger partial charge in [-0.2, -0.15) is 0 Å². The highest BCUT2D eigenvalue weighted by Crippen LogP contribution is 2.26. The van der Waals surface area contributed by atoms with Gasteiger partial charge in [-0.05, 0) is 43.5 Å². The number of rotatable bonds is 6. The lowest BCUT2D eigenvalue weighted by molar-refractivity contribution is -0.124. The predicted octanol–water partition coefficient (Wildman–Crippen LogP) is 2.18. The molecule has 0 saturated heterocycles. The van der Waals surface area contributed by atoms with Crippen molar-refractivity contribution in [3.05, 3.63) is 29.8 Å². The molecule has 0 aromatic heterocycles. The normalized spacial score (nSPS) is 20.1. The molecule has 1 saturated carbocycles. The van der Waals surface area contributed by atoms with Gasteiger partial charge in [0.25, 0.3) is 5.91 Å². The van der Waals surface area contributed by atoms with Gasteiger partial charge in [0, 0.05) is 37.9 Å². The quantitative estimate of drug-likeness (QED) is 0.845. The average Bonchev–Trinajstić information content (AvgIpc) is 3.02. The van der Waals surface area contributed by atoms with Crippen molar-refractivity contribution in [2.24, 2.45) is 5.92 Å². The van der Waals surface area contributed by atoms with Crippen LogP contribution in [0.1, 0.15) is 43.0 Å². The summed E-state index contributed by atoms with van der Waals surface area (Å²) in [6.07, 6.45) is 3.76. The van der Waals surface area contributed by atoms with E-state index in [-0.39, 0.29) is 23.8 Å². The number of nitrogens with one attached hydrogen (secondary N) is 2. The molecule has 0 spiro atoms. The van der Waals surface area contributed by atoms with Crippen molar-refractivity contribution < 1.29 is 9.59 Å². The van der Waals surface area contributed by atoms with E-state index in [0.29, 0.717) is 5.56 Å². The third-order valence-corrected chi connectivity index (χ3v) is 4.54. The van der Waals surface area contributed by atoms with Gasteiger partial charge in [0.15, 0.2) is 0 Å². The molecule has 5 nitrogen and oxygen atoms in total. The van der Waals surface area contributed by atoms with Gasteiger partial charge < -0.3 is 15.5 Å². The lowest BCUT2D eigenvalue weighted by Crippen LogP contribution is -2.43. The van der Waals surface area contributed by atoms with Crippen LogP contribution in [0.3, 0.4) is 0 Å². The Bertz CT molecular complexity index is 542. The maximum Gasteiger partial charge on any atom is 0.251 e. The first-order valence-electron chi connectivity index (χ1n) is 8.40. The Balaban J connectivity index is 1.99. The van der Waals surface area contributed by atoms with E-state index in [1.165, 1.54) is 0 Å². The summed E-state index contributed by atoms with van der Waals surface area (Å²) in [6.45, 7) is 3.13. The molecule has 0 radical (unpaired) electrons. The summed E-state index contributed by atoms with van der Waals surface area (Å²) in [4.78, 5) is 26.4. The van der Waals surface area contributed by atoms with Crippen LogP contribution in [0.4, 0.5) is 5.69 Å². The van der Waals surface area contributed by atoms with Crippen molar-refractivity contribution in [1.82, 2.24) is 10.6 Å². The number of nitrogens with zero attached hydrogens (tertiary/aromatic N) is 1. The minimum absolute atomic E-state index is 0.0179. The molecule has 2 N–H and O–H groups in total. The number of hydrogen-bond acceptors (Lipinski definition) is 3. The predicted molar refractivity (Wildman–Crippen MR) is 92.7 cm³/mol. The summed E-state index contributed by atoms with van der Waals surface area (Å²) in [6, 6.07) is 7.57. The summed E-state index contributed by atoms with van der Waals surface area (Å²) in [5.41, 5.74) is 1.74. The number of carbonyl (C=O) groups excluding carboxylic acids is 2. The number of carbonyl (C=O) groups is 2. The van der Waals surface area contributed by atoms with Gasteiger partial charge in [-0.25, -0.2) is 0 Å². The smallest absolute Gasteiger partial charge is 0.251 e. The fourth-order valence-corrected chi connectivity index (χ4v) is 3.22. The molecular weight excluding hydrogens is 290 g/mol. The molecule has 0 unspecified atom stereocenters. The van der Waals surface area contributed by atoms with E-state index >= 15 is 0 Å². The topological polar surface area (TPSA) is 61.4 Å². The molecule has 126 valence electrons. The molecule has 1 aliphatic rings. The van der Waals surface area contributed by atoms with Crippen LogP contribution in [-0.2, 0) is 4.79 Å². The Kier molecular flexibility index (Phi) is 6.02. The fourth-order valence-electron chi connectivity index (χ4n) is 3.22. The lowest BCUT2D eigenvalue weighted by Gasteiger charge is -2.21. The molecule has 1 fully saturated rings. The van der Waals surface area contributed by atoms with Crippen LogP contribution >= 0.6 is 0 Å². The van der Waals surface area contributed by atoms with E-state index in [0.717, 1.165) is 37.9 Å². The van der Waals surface area contributed by atoms with Crippen molar-refractivity contribution >= 4 is 17.5 Å². The highest BCUT2D eigenvalue weighted by Gasteiger charge is 2.33. The maximum absolute atomic E-state index is 12.4. The Morgan fingerprint density at radius 3 is 2.52 bits per heavy atom. The minimum atomic E-state index is -0.112. The van der Waals surface area contributed by atoms with Gasteiger partial charge in [-0.15, -0.1) is 0 Å². The van der Waals surface area contributed by atoms with Crippen molar-refractivity contribution in [2.75, 3.05) is 25.5 Å². The minimum Gasteiger partial charge on any atom is -0.375 e. The number of anilines is 1. The van der Waals surface area contributed by atoms with Crippen LogP contribution in [0.2, 0.25) is 0 Å². The third-order valence-electron chi connectivity index (χ3n) is 4.54. The summed E-state index contributed by atoms with van der Waals surface area (Å²) in [7, 11) is 3.69. The second-order valence-electron chi connectivity index (χ2n) is 6.20. The Morgan fingerprint density at radius 2 is 1.91 bits per heavy atom. The highest BCUT2D eigenvalue weighted by molar-refractivity contribution is 5.95. The first-order valence-corrected chi connectivity index (χ1v) is 8.40. The number of benzene rings is 1. The zero-order valence-corrected chi connectivity index (χ0v) is 14.3. The number of hydrogen-bond donors (Lipinski definition) is 2. The van der Waals surface area contributed by atoms with Crippen molar-refractivity contribution in [1.29, 1.82) is 0 Å². The van der Waals surface area contributed by atoms with Crippen LogP contribution in [0.5, 0.6) is 0 Å². The van der Waals surface area contributed by atoms with Gasteiger partial charge in [-0.1, -0.05) is 13.3 Å². The van der Waals surface area contributed by atoms with Crippen LogP contribution in [0.25, 0.3) is 0 Å². The molecular formula is C18H27N3O2. The van der Waals surface area contributed by atoms with E-state index in [1.54, 1.807) is 7.05 Å². The van der Waals surface area contributed by atoms with E-state index in [1.807, 2.05) is 31.3 Å². The monoisotopic (exact) mass is 317 g/mol. The maximum atomic E-state index is 12.4. The molecule has 1 aliphatic carbocycles. The van der Waals surface area contributed by atoms with Crippen molar-refractivity contribution in [3.63, 3.8) is 0 Å². The molecule has 2 amide bonds. The molecule has 2 atom stereocenters. The molecule has 23 heavy (non-hydrogen) atoms. The van der Waals surface area contributed by atoms with Crippen LogP contribution in [-0.4, -0.2) is 38.5 Å². The van der Waals surface area contributed by atoms with Crippen molar-refractivity contribution in [2.45, 2.75) is 38.6 Å².